The molecule has 4 atom stereocenters. The zero-order chi connectivity index (χ0) is 30.2. The first-order valence-corrected chi connectivity index (χ1v) is 16.2. The lowest BCUT2D eigenvalue weighted by Gasteiger charge is -2.32. The molecule has 0 radical (unpaired) electrons. The van der Waals surface area contributed by atoms with E-state index in [9.17, 15) is 24.3 Å². The van der Waals surface area contributed by atoms with Crippen LogP contribution in [0.5, 0.6) is 0 Å². The molecule has 12 heteroatoms. The number of carbonyl (C=O) groups is 4. The second-order valence-electron chi connectivity index (χ2n) is 11.6. The van der Waals surface area contributed by atoms with Crippen molar-refractivity contribution in [3.8, 4) is 0 Å². The number of nitrogens with zero attached hydrogens (tertiary/aromatic N) is 1. The number of likely N-dealkylation sites (tertiary alicyclic amines) is 1. The normalized spacial score (nSPS) is 20.5. The molecule has 0 aromatic heterocycles. The van der Waals surface area contributed by atoms with Crippen LogP contribution >= 0.6 is 23.5 Å². The molecule has 1 aromatic rings. The van der Waals surface area contributed by atoms with E-state index in [1.165, 1.54) is 4.90 Å². The predicted molar refractivity (Wildman–Crippen MR) is 162 cm³/mol. The molecule has 2 heterocycles. The van der Waals surface area contributed by atoms with Crippen LogP contribution in [0.4, 0.5) is 4.79 Å². The summed E-state index contributed by atoms with van der Waals surface area (Å²) in [5, 5.41) is 19.0. The van der Waals surface area contributed by atoms with Crippen molar-refractivity contribution < 1.29 is 29.0 Å². The Labute approximate surface area is 251 Å². The molecular weight excluding hydrogens is 564 g/mol. The Morgan fingerprint density at radius 3 is 2.39 bits per heavy atom. The summed E-state index contributed by atoms with van der Waals surface area (Å²) in [5.41, 5.74) is 0.211. The Hall–Kier alpha value is -2.44. The van der Waals surface area contributed by atoms with Gasteiger partial charge in [-0.1, -0.05) is 43.7 Å². The lowest BCUT2D eigenvalue weighted by atomic mass is 10.0. The van der Waals surface area contributed by atoms with Crippen LogP contribution in [0.25, 0.3) is 0 Å². The van der Waals surface area contributed by atoms with Gasteiger partial charge in [0.25, 0.3) is 5.91 Å². The molecule has 2 unspecified atom stereocenters. The second kappa shape index (κ2) is 14.6. The van der Waals surface area contributed by atoms with Gasteiger partial charge >= 0.3 is 6.09 Å². The van der Waals surface area contributed by atoms with Gasteiger partial charge in [-0.3, -0.25) is 19.3 Å². The number of hydrogen-bond acceptors (Lipinski definition) is 8. The minimum absolute atomic E-state index is 0.249. The third-order valence-corrected chi connectivity index (χ3v) is 10.3. The largest absolute Gasteiger partial charge is 0.444 e. The first-order chi connectivity index (χ1) is 19.3. The maximum Gasteiger partial charge on any atom is 0.411 e. The van der Waals surface area contributed by atoms with Crippen LogP contribution in [0.3, 0.4) is 0 Å². The van der Waals surface area contributed by atoms with Crippen molar-refractivity contribution in [2.45, 2.75) is 94.2 Å². The van der Waals surface area contributed by atoms with E-state index in [2.05, 4.69) is 16.0 Å². The minimum Gasteiger partial charge on any atom is -0.444 e. The summed E-state index contributed by atoms with van der Waals surface area (Å²) >= 11 is 3.54. The smallest absolute Gasteiger partial charge is 0.411 e. The van der Waals surface area contributed by atoms with Crippen molar-refractivity contribution in [3.63, 3.8) is 0 Å². The van der Waals surface area contributed by atoms with Gasteiger partial charge in [0, 0.05) is 13.0 Å². The average Bonchev–Trinajstić information content (AvgIpc) is 3.30. The zero-order valence-corrected chi connectivity index (χ0v) is 26.2. The van der Waals surface area contributed by atoms with Crippen LogP contribution < -0.4 is 16.0 Å². The van der Waals surface area contributed by atoms with Gasteiger partial charge in [0.05, 0.1) is 22.7 Å². The number of amides is 4. The summed E-state index contributed by atoms with van der Waals surface area (Å²) in [6.07, 6.45) is 0.341. The fourth-order valence-electron chi connectivity index (χ4n) is 4.88. The Morgan fingerprint density at radius 2 is 1.78 bits per heavy atom. The molecule has 2 fully saturated rings. The summed E-state index contributed by atoms with van der Waals surface area (Å²) in [6.45, 7) is 9.14. The summed E-state index contributed by atoms with van der Waals surface area (Å²) in [7, 11) is 0. The molecule has 0 aliphatic carbocycles. The first kappa shape index (κ1) is 33.1. The topological polar surface area (TPSA) is 137 Å². The molecule has 4 N–H and O–H groups in total. The number of carbonyl (C=O) groups excluding carboxylic acids is 4. The Balaban J connectivity index is 1.62. The van der Waals surface area contributed by atoms with Gasteiger partial charge in [-0.25, -0.2) is 4.79 Å². The SMILES string of the molecule is CCCC(NC(=O)[C@@H]1CC2(CN1C(=O)OC(C)(C)C)SCCCS2)C(O)C(=O)NCC(=O)N[C@H](C)c1ccccc1. The molecule has 4 amide bonds. The zero-order valence-electron chi connectivity index (χ0n) is 24.6. The van der Waals surface area contributed by atoms with E-state index in [4.69, 9.17) is 4.74 Å². The van der Waals surface area contributed by atoms with Gasteiger partial charge in [0.15, 0.2) is 6.10 Å². The van der Waals surface area contributed by atoms with E-state index in [0.717, 1.165) is 23.5 Å². The molecule has 1 aromatic carbocycles. The molecule has 2 aliphatic rings. The molecular formula is C29H44N4O6S2. The molecule has 2 saturated heterocycles. The number of aliphatic hydroxyl groups excluding tert-OH is 1. The van der Waals surface area contributed by atoms with E-state index in [1.54, 1.807) is 44.3 Å². The minimum atomic E-state index is -1.57. The Kier molecular flexibility index (Phi) is 11.8. The summed E-state index contributed by atoms with van der Waals surface area (Å²) in [5.74, 6) is 0.331. The highest BCUT2D eigenvalue weighted by Crippen LogP contribution is 2.50. The quantitative estimate of drug-likeness (QED) is 0.318. The van der Waals surface area contributed by atoms with Gasteiger partial charge in [-0.05, 0) is 57.6 Å². The van der Waals surface area contributed by atoms with Crippen molar-refractivity contribution in [2.75, 3.05) is 24.6 Å². The van der Waals surface area contributed by atoms with Gasteiger partial charge < -0.3 is 25.8 Å². The number of benzene rings is 1. The highest BCUT2D eigenvalue weighted by atomic mass is 32.2. The van der Waals surface area contributed by atoms with Crippen molar-refractivity contribution in [1.29, 1.82) is 0 Å². The number of aliphatic hydroxyl groups is 1. The fourth-order valence-corrected chi connectivity index (χ4v) is 8.23. The van der Waals surface area contributed by atoms with Gasteiger partial charge in [0.1, 0.15) is 11.6 Å². The van der Waals surface area contributed by atoms with Crippen molar-refractivity contribution in [2.24, 2.45) is 0 Å². The lowest BCUT2D eigenvalue weighted by molar-refractivity contribution is -0.135. The summed E-state index contributed by atoms with van der Waals surface area (Å²) in [6, 6.07) is 7.51. The lowest BCUT2D eigenvalue weighted by Crippen LogP contribution is -2.55. The number of ether oxygens (including phenoxy) is 1. The van der Waals surface area contributed by atoms with E-state index in [1.807, 2.05) is 44.2 Å². The highest BCUT2D eigenvalue weighted by molar-refractivity contribution is 8.18. The van der Waals surface area contributed by atoms with Crippen LogP contribution in [0, 0.1) is 0 Å². The van der Waals surface area contributed by atoms with Crippen LogP contribution in [0.2, 0.25) is 0 Å². The maximum absolute atomic E-state index is 13.6. The van der Waals surface area contributed by atoms with E-state index in [-0.39, 0.29) is 16.7 Å². The first-order valence-electron chi connectivity index (χ1n) is 14.2. The van der Waals surface area contributed by atoms with Crippen molar-refractivity contribution >= 4 is 47.3 Å². The van der Waals surface area contributed by atoms with Gasteiger partial charge in [0.2, 0.25) is 11.8 Å². The predicted octanol–water partition coefficient (Wildman–Crippen LogP) is 3.20. The number of hydrogen-bond donors (Lipinski definition) is 4. The fraction of sp³-hybridized carbons (Fsp3) is 0.655. The van der Waals surface area contributed by atoms with Crippen molar-refractivity contribution in [3.05, 3.63) is 35.9 Å². The third-order valence-electron chi connectivity index (χ3n) is 6.92. The number of nitrogens with one attached hydrogen (secondary N) is 3. The molecule has 41 heavy (non-hydrogen) atoms. The number of thioether (sulfide) groups is 2. The molecule has 10 nitrogen and oxygen atoms in total. The Bertz CT molecular complexity index is 1060. The highest BCUT2D eigenvalue weighted by Gasteiger charge is 2.51. The molecule has 0 bridgehead atoms. The van der Waals surface area contributed by atoms with E-state index in [0.29, 0.717) is 25.8 Å². The van der Waals surface area contributed by atoms with Crippen LogP contribution in [-0.4, -0.2) is 86.3 Å². The molecule has 2 aliphatic heterocycles. The monoisotopic (exact) mass is 608 g/mol. The van der Waals surface area contributed by atoms with Crippen LogP contribution in [0.1, 0.15) is 71.9 Å². The summed E-state index contributed by atoms with van der Waals surface area (Å²) < 4.78 is 5.33. The number of rotatable bonds is 10. The molecule has 3 rings (SSSR count). The van der Waals surface area contributed by atoms with E-state index < -0.39 is 47.6 Å². The van der Waals surface area contributed by atoms with E-state index >= 15 is 0 Å². The maximum atomic E-state index is 13.6. The van der Waals surface area contributed by atoms with Gasteiger partial charge in [-0.2, -0.15) is 0 Å². The average molecular weight is 609 g/mol. The standard InChI is InChI=1S/C29H44N4O6S2/c1-6-11-21(24(35)26(37)30-17-23(34)31-19(2)20-12-8-7-9-13-20)32-25(36)22-16-29(40-14-10-15-41-29)18-33(22)27(38)39-28(3,4)5/h7-9,12-13,19,21-22,24,35H,6,10-11,14-18H2,1-5H3,(H,30,37)(H,31,34)(H,32,36)/t19-,21?,22+,24?/m1/s1. The Morgan fingerprint density at radius 1 is 1.12 bits per heavy atom. The van der Waals surface area contributed by atoms with Crippen LogP contribution in [-0.2, 0) is 19.1 Å². The second-order valence-corrected chi connectivity index (χ2v) is 14.8. The third kappa shape index (κ3) is 9.54. The molecule has 0 saturated carbocycles. The van der Waals surface area contributed by atoms with Crippen molar-refractivity contribution in [1.82, 2.24) is 20.9 Å². The van der Waals surface area contributed by atoms with Gasteiger partial charge in [-0.15, -0.1) is 23.5 Å². The molecule has 1 spiro atoms. The van der Waals surface area contributed by atoms with Crippen LogP contribution in [0.15, 0.2) is 30.3 Å². The summed E-state index contributed by atoms with van der Waals surface area (Å²) in [4.78, 5) is 53.4. The molecule has 228 valence electrons.